The van der Waals surface area contributed by atoms with E-state index >= 15 is 0 Å². The molecule has 6 nitrogen and oxygen atoms in total. The highest BCUT2D eigenvalue weighted by Crippen LogP contribution is 2.14. The summed E-state index contributed by atoms with van der Waals surface area (Å²) >= 11 is 0. The van der Waals surface area contributed by atoms with Crippen molar-refractivity contribution in [2.45, 2.75) is 232 Å². The Balaban J connectivity index is 4.56. The van der Waals surface area contributed by atoms with E-state index < -0.39 is 6.10 Å². The van der Waals surface area contributed by atoms with E-state index in [-0.39, 0.29) is 31.1 Å². The Morgan fingerprint density at radius 3 is 0.920 bits per heavy atom. The summed E-state index contributed by atoms with van der Waals surface area (Å²) in [5.41, 5.74) is 0. The van der Waals surface area contributed by atoms with Crippen molar-refractivity contribution in [1.29, 1.82) is 0 Å². The van der Waals surface area contributed by atoms with Crippen molar-refractivity contribution in [3.63, 3.8) is 0 Å². The number of rotatable bonds is 51. The fourth-order valence-electron chi connectivity index (χ4n) is 7.55. The lowest BCUT2D eigenvalue weighted by Gasteiger charge is -2.18. The molecule has 1 atom stereocenters. The Bertz CT molecular complexity index is 1750. The van der Waals surface area contributed by atoms with E-state index in [2.05, 4.69) is 118 Å². The van der Waals surface area contributed by atoms with Gasteiger partial charge < -0.3 is 14.2 Å². The number of carbonyl (C=O) groups is 3. The second kappa shape index (κ2) is 61.3. The van der Waals surface area contributed by atoms with Gasteiger partial charge in [0.15, 0.2) is 6.10 Å². The molecular formula is C69H106O6. The molecule has 0 aliphatic carbocycles. The largest absolute Gasteiger partial charge is 0.462 e. The van der Waals surface area contributed by atoms with E-state index in [4.69, 9.17) is 14.2 Å². The fourth-order valence-corrected chi connectivity index (χ4v) is 7.55. The van der Waals surface area contributed by atoms with Gasteiger partial charge in [0.25, 0.3) is 0 Å². The van der Waals surface area contributed by atoms with Crippen LogP contribution in [0.3, 0.4) is 0 Å². The molecule has 0 aliphatic rings. The Morgan fingerprint density at radius 2 is 0.547 bits per heavy atom. The Morgan fingerprint density at radius 1 is 0.280 bits per heavy atom. The van der Waals surface area contributed by atoms with Crippen LogP contribution in [0.5, 0.6) is 0 Å². The topological polar surface area (TPSA) is 78.9 Å². The predicted octanol–water partition coefficient (Wildman–Crippen LogP) is 20.3. The molecule has 0 spiro atoms. The van der Waals surface area contributed by atoms with Gasteiger partial charge in [0.1, 0.15) is 13.2 Å². The zero-order valence-electron chi connectivity index (χ0n) is 47.7. The van der Waals surface area contributed by atoms with Crippen LogP contribution in [0.1, 0.15) is 226 Å². The predicted molar refractivity (Wildman–Crippen MR) is 325 cm³/mol. The van der Waals surface area contributed by atoms with Crippen LogP contribution in [0, 0.1) is 0 Å². The molecule has 0 amide bonds. The Labute approximate surface area is 460 Å². The second-order valence-corrected chi connectivity index (χ2v) is 18.9. The van der Waals surface area contributed by atoms with Crippen LogP contribution < -0.4 is 0 Å². The van der Waals surface area contributed by atoms with E-state index in [0.717, 1.165) is 135 Å². The summed E-state index contributed by atoms with van der Waals surface area (Å²) in [6.45, 7) is 6.21. The maximum Gasteiger partial charge on any atom is 0.306 e. The molecule has 0 saturated carbocycles. The van der Waals surface area contributed by atoms with E-state index in [1.807, 2.05) is 72.9 Å². The standard InChI is InChI=1S/C69H106O6/c1-4-7-10-13-16-19-22-25-28-31-34-37-40-43-46-49-52-55-58-61-67(70)73-64-66(75-69(72)63-60-57-54-51-48-45-42-39-36-33-30-27-24-21-18-15-12-9-6-3)65-74-68(71)62-59-56-53-50-47-44-41-38-35-32-29-26-23-20-17-14-11-8-5-2/h7-13,16-22,25-31,34,36-37,39-40,43,46,66H,4-6,14-15,23-24,32-33,35,38,41-42,44-45,47-65H2,1-3H3/b10-7-,11-8-,12-9-,16-13-,20-17-,21-18-,22-19-,28-25-,29-26-,30-27-,34-31+,39-36-,40-37-,46-43-. The molecule has 0 N–H and O–H groups in total. The van der Waals surface area contributed by atoms with E-state index in [1.165, 1.54) is 51.4 Å². The molecule has 418 valence electrons. The number of unbranched alkanes of at least 4 members (excludes halogenated alkanes) is 18. The monoisotopic (exact) mass is 1030 g/mol. The normalized spacial score (nSPS) is 13.4. The number of hydrogen-bond acceptors (Lipinski definition) is 6. The van der Waals surface area contributed by atoms with E-state index in [1.54, 1.807) is 0 Å². The smallest absolute Gasteiger partial charge is 0.306 e. The van der Waals surface area contributed by atoms with Gasteiger partial charge in [0.2, 0.25) is 0 Å². The third-order valence-corrected chi connectivity index (χ3v) is 11.9. The first-order valence-corrected chi connectivity index (χ1v) is 29.7. The zero-order valence-corrected chi connectivity index (χ0v) is 47.7. The minimum absolute atomic E-state index is 0.110. The molecule has 75 heavy (non-hydrogen) atoms. The van der Waals surface area contributed by atoms with Crippen LogP contribution >= 0.6 is 0 Å². The second-order valence-electron chi connectivity index (χ2n) is 18.9. The average molecular weight is 1030 g/mol. The van der Waals surface area contributed by atoms with Crippen molar-refractivity contribution in [2.75, 3.05) is 13.2 Å². The highest BCUT2D eigenvalue weighted by molar-refractivity contribution is 5.71. The number of hydrogen-bond donors (Lipinski definition) is 0. The lowest BCUT2D eigenvalue weighted by molar-refractivity contribution is -0.167. The van der Waals surface area contributed by atoms with E-state index in [9.17, 15) is 14.4 Å². The molecular weight excluding hydrogens is 925 g/mol. The number of ether oxygens (including phenoxy) is 3. The first-order valence-electron chi connectivity index (χ1n) is 29.7. The Hall–Kier alpha value is -5.23. The molecule has 0 bridgehead atoms. The van der Waals surface area contributed by atoms with Crippen LogP contribution in [0.15, 0.2) is 170 Å². The number of esters is 3. The maximum atomic E-state index is 12.9. The van der Waals surface area contributed by atoms with Crippen LogP contribution in [0.4, 0.5) is 0 Å². The fraction of sp³-hybridized carbons (Fsp3) is 0.551. The van der Waals surface area contributed by atoms with Crippen molar-refractivity contribution in [3.05, 3.63) is 170 Å². The number of carbonyl (C=O) groups excluding carboxylic acids is 3. The summed E-state index contributed by atoms with van der Waals surface area (Å²) in [5, 5.41) is 0. The molecule has 0 rings (SSSR count). The quantitative estimate of drug-likeness (QED) is 0.0199. The molecule has 0 radical (unpaired) electrons. The van der Waals surface area contributed by atoms with Gasteiger partial charge in [0.05, 0.1) is 0 Å². The van der Waals surface area contributed by atoms with Crippen LogP contribution in [-0.2, 0) is 28.6 Å². The third kappa shape index (κ3) is 59.5. The van der Waals surface area contributed by atoms with Crippen molar-refractivity contribution in [3.8, 4) is 0 Å². The van der Waals surface area contributed by atoms with Gasteiger partial charge in [-0.2, -0.15) is 0 Å². The lowest BCUT2D eigenvalue weighted by Crippen LogP contribution is -2.30. The van der Waals surface area contributed by atoms with Gasteiger partial charge in [-0.1, -0.05) is 268 Å². The molecule has 0 fully saturated rings. The molecule has 0 aromatic carbocycles. The first-order chi connectivity index (χ1) is 37.0. The molecule has 1 unspecified atom stereocenters. The summed E-state index contributed by atoms with van der Waals surface area (Å²) < 4.78 is 16.9. The van der Waals surface area contributed by atoms with Gasteiger partial charge in [-0.15, -0.1) is 0 Å². The molecule has 0 aromatic rings. The van der Waals surface area contributed by atoms with Gasteiger partial charge in [-0.25, -0.2) is 0 Å². The van der Waals surface area contributed by atoms with Crippen molar-refractivity contribution in [2.24, 2.45) is 0 Å². The van der Waals surface area contributed by atoms with Crippen molar-refractivity contribution >= 4 is 17.9 Å². The minimum Gasteiger partial charge on any atom is -0.462 e. The summed E-state index contributed by atoms with van der Waals surface area (Å²) in [6, 6.07) is 0. The summed E-state index contributed by atoms with van der Waals surface area (Å²) in [4.78, 5) is 38.3. The van der Waals surface area contributed by atoms with Crippen molar-refractivity contribution < 1.29 is 28.6 Å². The number of allylic oxidation sites excluding steroid dienone is 28. The Kier molecular flexibility index (Phi) is 57.0. The van der Waals surface area contributed by atoms with Crippen molar-refractivity contribution in [1.82, 2.24) is 0 Å². The molecule has 6 heteroatoms. The minimum atomic E-state index is -0.818. The molecule has 0 aromatic heterocycles. The summed E-state index contributed by atoms with van der Waals surface area (Å²) in [6.07, 6.45) is 90.5. The SMILES string of the molecule is CC\C=C/C=C\C=C/C=C\C=C\C=C/C=C\CCCCCC(=O)OCC(COC(=O)CCCCCCCCCCC/C=C\C/C=C\C/C=C\CC)OC(=O)CCCCCCCC/C=C\C/C=C\C/C=C\C/C=C\CC. The van der Waals surface area contributed by atoms with Crippen LogP contribution in [0.2, 0.25) is 0 Å². The van der Waals surface area contributed by atoms with Gasteiger partial charge in [-0.3, -0.25) is 14.4 Å². The highest BCUT2D eigenvalue weighted by Gasteiger charge is 2.19. The summed E-state index contributed by atoms with van der Waals surface area (Å²) in [7, 11) is 0. The molecule has 0 aliphatic heterocycles. The summed E-state index contributed by atoms with van der Waals surface area (Å²) in [5.74, 6) is -0.983. The van der Waals surface area contributed by atoms with Gasteiger partial charge in [0, 0.05) is 19.3 Å². The maximum absolute atomic E-state index is 12.9. The van der Waals surface area contributed by atoms with Gasteiger partial charge in [-0.05, 0) is 109 Å². The van der Waals surface area contributed by atoms with Crippen LogP contribution in [0.25, 0.3) is 0 Å². The van der Waals surface area contributed by atoms with Gasteiger partial charge >= 0.3 is 17.9 Å². The first kappa shape index (κ1) is 69.8. The molecule has 0 heterocycles. The average Bonchev–Trinajstić information content (AvgIpc) is 3.41. The van der Waals surface area contributed by atoms with E-state index in [0.29, 0.717) is 19.3 Å². The van der Waals surface area contributed by atoms with Crippen LogP contribution in [-0.4, -0.2) is 37.2 Å². The molecule has 0 saturated heterocycles. The zero-order chi connectivity index (χ0) is 54.3. The lowest BCUT2D eigenvalue weighted by atomic mass is 10.1. The third-order valence-electron chi connectivity index (χ3n) is 11.9. The highest BCUT2D eigenvalue weighted by atomic mass is 16.6.